The number of rotatable bonds is 5. The number of fused-ring (bicyclic) bond motifs is 1. The van der Waals surface area contributed by atoms with Crippen molar-refractivity contribution in [2.45, 2.75) is 6.42 Å². The van der Waals surface area contributed by atoms with Gasteiger partial charge in [-0.05, 0) is 30.3 Å². The van der Waals surface area contributed by atoms with Gasteiger partial charge in [-0.3, -0.25) is 4.79 Å². The largest absolute Gasteiger partial charge is 0.491 e. The third-order valence-electron chi connectivity index (χ3n) is 3.02. The molecule has 4 nitrogen and oxygen atoms in total. The maximum atomic E-state index is 13.1. The van der Waals surface area contributed by atoms with Gasteiger partial charge in [0.15, 0.2) is 5.13 Å². The summed E-state index contributed by atoms with van der Waals surface area (Å²) in [6.45, 7) is 0.203. The first kappa shape index (κ1) is 15.7. The summed E-state index contributed by atoms with van der Waals surface area (Å²) in [7, 11) is 0. The molecular weight excluding hydrogens is 339 g/mol. The summed E-state index contributed by atoms with van der Waals surface area (Å²) in [5.41, 5.74) is 0.652. The van der Waals surface area contributed by atoms with Crippen LogP contribution in [0.3, 0.4) is 0 Å². The van der Waals surface area contributed by atoms with E-state index >= 15 is 0 Å². The second-order valence-electron chi connectivity index (χ2n) is 4.71. The Hall–Kier alpha value is -2.18. The molecule has 0 aliphatic rings. The summed E-state index contributed by atoms with van der Waals surface area (Å²) in [6.07, 6.45) is 0.162. The first-order valence-corrected chi connectivity index (χ1v) is 8.04. The smallest absolute Gasteiger partial charge is 0.229 e. The number of hydrogen-bond acceptors (Lipinski definition) is 4. The SMILES string of the molecule is O=C(CCOc1ccccc1Cl)Nc1nc2ccc(F)cc2s1. The zero-order valence-corrected chi connectivity index (χ0v) is 13.5. The van der Waals surface area contributed by atoms with Gasteiger partial charge in [0.2, 0.25) is 5.91 Å². The molecule has 3 rings (SSSR count). The second kappa shape index (κ2) is 6.93. The lowest BCUT2D eigenvalue weighted by Crippen LogP contribution is -2.15. The van der Waals surface area contributed by atoms with Crippen molar-refractivity contribution in [1.82, 2.24) is 4.98 Å². The predicted octanol–water partition coefficient (Wildman–Crippen LogP) is 4.50. The zero-order chi connectivity index (χ0) is 16.2. The monoisotopic (exact) mass is 350 g/mol. The average molecular weight is 351 g/mol. The Morgan fingerprint density at radius 2 is 2.13 bits per heavy atom. The van der Waals surface area contributed by atoms with E-state index in [2.05, 4.69) is 10.3 Å². The molecule has 0 aliphatic carbocycles. The number of para-hydroxylation sites is 1. The minimum Gasteiger partial charge on any atom is -0.491 e. The lowest BCUT2D eigenvalue weighted by molar-refractivity contribution is -0.116. The molecule has 0 saturated heterocycles. The van der Waals surface area contributed by atoms with E-state index in [9.17, 15) is 9.18 Å². The molecule has 7 heteroatoms. The first-order chi connectivity index (χ1) is 11.1. The van der Waals surface area contributed by atoms with Crippen molar-refractivity contribution in [3.05, 3.63) is 53.3 Å². The van der Waals surface area contributed by atoms with E-state index in [-0.39, 0.29) is 24.8 Å². The second-order valence-corrected chi connectivity index (χ2v) is 6.15. The third kappa shape index (κ3) is 3.97. The molecule has 118 valence electrons. The Bertz CT molecular complexity index is 853. The number of benzene rings is 2. The van der Waals surface area contributed by atoms with Crippen molar-refractivity contribution in [3.8, 4) is 5.75 Å². The van der Waals surface area contributed by atoms with Crippen molar-refractivity contribution in [2.24, 2.45) is 0 Å². The zero-order valence-electron chi connectivity index (χ0n) is 11.9. The molecule has 0 saturated carbocycles. The summed E-state index contributed by atoms with van der Waals surface area (Å²) < 4.78 is 19.3. The molecule has 3 aromatic rings. The molecule has 0 fully saturated rings. The van der Waals surface area contributed by atoms with Gasteiger partial charge in [-0.1, -0.05) is 35.1 Å². The van der Waals surface area contributed by atoms with Crippen molar-refractivity contribution in [2.75, 3.05) is 11.9 Å². The molecule has 1 heterocycles. The highest BCUT2D eigenvalue weighted by Crippen LogP contribution is 2.26. The van der Waals surface area contributed by atoms with Gasteiger partial charge in [-0.25, -0.2) is 9.37 Å². The fraction of sp³-hybridized carbons (Fsp3) is 0.125. The Balaban J connectivity index is 1.55. The molecule has 2 aromatic carbocycles. The number of aromatic nitrogens is 1. The van der Waals surface area contributed by atoms with Crippen LogP contribution in [0.15, 0.2) is 42.5 Å². The minimum atomic E-state index is -0.327. The molecule has 0 aliphatic heterocycles. The molecule has 23 heavy (non-hydrogen) atoms. The molecule has 1 N–H and O–H groups in total. The van der Waals surface area contributed by atoms with E-state index < -0.39 is 0 Å². The van der Waals surface area contributed by atoms with Gasteiger partial charge in [0.1, 0.15) is 11.6 Å². The first-order valence-electron chi connectivity index (χ1n) is 6.85. The van der Waals surface area contributed by atoms with E-state index in [1.165, 1.54) is 23.5 Å². The highest BCUT2D eigenvalue weighted by Gasteiger charge is 2.09. The van der Waals surface area contributed by atoms with Crippen LogP contribution in [-0.2, 0) is 4.79 Å². The van der Waals surface area contributed by atoms with Crippen LogP contribution in [0.1, 0.15) is 6.42 Å². The van der Waals surface area contributed by atoms with E-state index in [1.54, 1.807) is 24.3 Å². The number of ether oxygens (including phenoxy) is 1. The number of halogens is 2. The van der Waals surface area contributed by atoms with Gasteiger partial charge < -0.3 is 10.1 Å². The van der Waals surface area contributed by atoms with E-state index in [4.69, 9.17) is 16.3 Å². The van der Waals surface area contributed by atoms with Crippen molar-refractivity contribution >= 4 is 44.2 Å². The summed E-state index contributed by atoms with van der Waals surface area (Å²) in [6, 6.07) is 11.4. The molecule has 0 atom stereocenters. The fourth-order valence-corrected chi connectivity index (χ4v) is 3.05. The van der Waals surface area contributed by atoms with Gasteiger partial charge in [0.05, 0.1) is 28.3 Å². The van der Waals surface area contributed by atoms with Crippen molar-refractivity contribution in [3.63, 3.8) is 0 Å². The van der Waals surface area contributed by atoms with E-state index in [0.717, 1.165) is 0 Å². The van der Waals surface area contributed by atoms with Crippen molar-refractivity contribution in [1.29, 1.82) is 0 Å². The number of nitrogens with zero attached hydrogens (tertiary/aromatic N) is 1. The van der Waals surface area contributed by atoms with E-state index in [1.807, 2.05) is 6.07 Å². The molecule has 1 amide bonds. The number of anilines is 1. The molecule has 0 bridgehead atoms. The topological polar surface area (TPSA) is 51.2 Å². The van der Waals surface area contributed by atoms with Crippen LogP contribution in [0.5, 0.6) is 5.75 Å². The van der Waals surface area contributed by atoms with Crippen LogP contribution in [-0.4, -0.2) is 17.5 Å². The molecular formula is C16H12ClFN2O2S. The molecule has 0 unspecified atom stereocenters. The van der Waals surface area contributed by atoms with Crippen LogP contribution >= 0.6 is 22.9 Å². The number of carbonyl (C=O) groups excluding carboxylic acids is 1. The summed E-state index contributed by atoms with van der Waals surface area (Å²) in [5, 5.41) is 3.62. The summed E-state index contributed by atoms with van der Waals surface area (Å²) in [4.78, 5) is 16.1. The average Bonchev–Trinajstić information content (AvgIpc) is 2.90. The fourth-order valence-electron chi connectivity index (χ4n) is 1.95. The Morgan fingerprint density at radius 1 is 1.30 bits per heavy atom. The van der Waals surface area contributed by atoms with Crippen LogP contribution in [0.4, 0.5) is 9.52 Å². The third-order valence-corrected chi connectivity index (χ3v) is 4.27. The standard InChI is InChI=1S/C16H12ClFN2O2S/c17-11-3-1-2-4-13(11)22-8-7-15(21)20-16-19-12-6-5-10(18)9-14(12)23-16/h1-6,9H,7-8H2,(H,19,20,21). The minimum absolute atomic E-state index is 0.162. The van der Waals surface area contributed by atoms with Crippen LogP contribution < -0.4 is 10.1 Å². The van der Waals surface area contributed by atoms with Gasteiger partial charge >= 0.3 is 0 Å². The normalized spacial score (nSPS) is 10.7. The van der Waals surface area contributed by atoms with Gasteiger partial charge in [0.25, 0.3) is 0 Å². The predicted molar refractivity (Wildman–Crippen MR) is 89.8 cm³/mol. The maximum absolute atomic E-state index is 13.1. The van der Waals surface area contributed by atoms with Crippen molar-refractivity contribution < 1.29 is 13.9 Å². The maximum Gasteiger partial charge on any atom is 0.229 e. The van der Waals surface area contributed by atoms with Crippen LogP contribution in [0.2, 0.25) is 5.02 Å². The quantitative estimate of drug-likeness (QED) is 0.737. The van der Waals surface area contributed by atoms with Gasteiger partial charge in [0, 0.05) is 0 Å². The Kier molecular flexibility index (Phi) is 4.73. The summed E-state index contributed by atoms with van der Waals surface area (Å²) in [5.74, 6) is -0.0128. The Labute approximate surface area is 140 Å². The lowest BCUT2D eigenvalue weighted by Gasteiger charge is -2.07. The number of hydrogen-bond donors (Lipinski definition) is 1. The Morgan fingerprint density at radius 3 is 2.96 bits per heavy atom. The summed E-state index contributed by atoms with van der Waals surface area (Å²) >= 11 is 7.19. The highest BCUT2D eigenvalue weighted by atomic mass is 35.5. The molecule has 0 spiro atoms. The molecule has 0 radical (unpaired) electrons. The van der Waals surface area contributed by atoms with E-state index in [0.29, 0.717) is 26.1 Å². The van der Waals surface area contributed by atoms with Gasteiger partial charge in [-0.2, -0.15) is 0 Å². The number of nitrogens with one attached hydrogen (secondary N) is 1. The number of carbonyl (C=O) groups is 1. The van der Waals surface area contributed by atoms with Crippen LogP contribution in [0, 0.1) is 5.82 Å². The number of amides is 1. The van der Waals surface area contributed by atoms with Crippen LogP contribution in [0.25, 0.3) is 10.2 Å². The highest BCUT2D eigenvalue weighted by molar-refractivity contribution is 7.22. The molecule has 1 aromatic heterocycles. The lowest BCUT2D eigenvalue weighted by atomic mass is 10.3. The number of thiazole rings is 1. The van der Waals surface area contributed by atoms with Gasteiger partial charge in [-0.15, -0.1) is 0 Å².